The maximum atomic E-state index is 12.7. The molecule has 0 aromatic heterocycles. The van der Waals surface area contributed by atoms with E-state index in [1.165, 1.54) is 23.5 Å². The Hall–Kier alpha value is -2.53. The molecule has 1 aromatic rings. The van der Waals surface area contributed by atoms with Crippen molar-refractivity contribution in [3.63, 3.8) is 0 Å². The molecule has 1 aliphatic rings. The Labute approximate surface area is 207 Å². The molecule has 4 N–H and O–H groups in total. The molecule has 0 spiro atoms. The fraction of sp³-hybridized carbons (Fsp3) is 0.522. The van der Waals surface area contributed by atoms with E-state index in [1.807, 2.05) is 30.3 Å². The van der Waals surface area contributed by atoms with Crippen molar-refractivity contribution < 1.29 is 29.1 Å². The molecular formula is C23H31N3O6S2. The molecule has 0 saturated carbocycles. The topological polar surface area (TPSA) is 142 Å². The summed E-state index contributed by atoms with van der Waals surface area (Å²) >= 11 is 2.73. The highest BCUT2D eigenvalue weighted by atomic mass is 32.2. The number of carboxylic acid groups (broad SMARTS) is 1. The van der Waals surface area contributed by atoms with E-state index in [-0.39, 0.29) is 48.5 Å². The summed E-state index contributed by atoms with van der Waals surface area (Å²) in [5.41, 5.74) is 0.932. The molecule has 1 aromatic carbocycles. The van der Waals surface area contributed by atoms with Crippen LogP contribution >= 0.6 is 23.5 Å². The lowest BCUT2D eigenvalue weighted by atomic mass is 10.1. The highest BCUT2D eigenvalue weighted by Gasteiger charge is 2.26. The number of carboxylic acids is 1. The van der Waals surface area contributed by atoms with E-state index in [0.29, 0.717) is 30.9 Å². The first kappa shape index (κ1) is 27.7. The molecule has 11 heteroatoms. The van der Waals surface area contributed by atoms with Crippen LogP contribution in [0.5, 0.6) is 0 Å². The van der Waals surface area contributed by atoms with E-state index >= 15 is 0 Å². The van der Waals surface area contributed by atoms with Crippen LogP contribution in [0.4, 0.5) is 0 Å². The third-order valence-electron chi connectivity index (χ3n) is 5.05. The summed E-state index contributed by atoms with van der Waals surface area (Å²) in [4.78, 5) is 59.2. The number of hydrogen-bond acceptors (Lipinski definition) is 7. The lowest BCUT2D eigenvalue weighted by Gasteiger charge is -2.18. The van der Waals surface area contributed by atoms with E-state index < -0.39 is 18.1 Å². The summed E-state index contributed by atoms with van der Waals surface area (Å²) in [5.74, 6) is -0.0158. The Bertz CT molecular complexity index is 852. The maximum Gasteiger partial charge on any atom is 0.303 e. The Morgan fingerprint density at radius 2 is 1.82 bits per heavy atom. The van der Waals surface area contributed by atoms with Gasteiger partial charge in [0.05, 0.1) is 6.04 Å². The van der Waals surface area contributed by atoms with Crippen molar-refractivity contribution >= 4 is 52.3 Å². The zero-order valence-corrected chi connectivity index (χ0v) is 20.6. The van der Waals surface area contributed by atoms with Gasteiger partial charge in [-0.1, -0.05) is 42.1 Å². The minimum absolute atomic E-state index is 0.00413. The van der Waals surface area contributed by atoms with Crippen molar-refractivity contribution in [2.75, 3.05) is 17.3 Å². The monoisotopic (exact) mass is 509 g/mol. The van der Waals surface area contributed by atoms with Crippen LogP contribution < -0.4 is 16.0 Å². The molecule has 3 amide bonds. The summed E-state index contributed by atoms with van der Waals surface area (Å²) in [6.07, 6.45) is 1.42. The normalized spacial score (nSPS) is 16.0. The predicted octanol–water partition coefficient (Wildman–Crippen LogP) is 1.70. The van der Waals surface area contributed by atoms with Gasteiger partial charge in [-0.2, -0.15) is 11.8 Å². The van der Waals surface area contributed by atoms with Gasteiger partial charge in [0.25, 0.3) is 0 Å². The predicted molar refractivity (Wildman–Crippen MR) is 132 cm³/mol. The minimum atomic E-state index is -0.971. The van der Waals surface area contributed by atoms with Crippen LogP contribution in [-0.2, 0) is 30.5 Å². The van der Waals surface area contributed by atoms with Crippen molar-refractivity contribution in [3.8, 4) is 0 Å². The molecule has 1 aliphatic heterocycles. The molecular weight excluding hydrogens is 478 g/mol. The summed E-state index contributed by atoms with van der Waals surface area (Å²) in [6, 6.07) is 8.26. The van der Waals surface area contributed by atoms with Crippen molar-refractivity contribution in [1.29, 1.82) is 0 Å². The second-order valence-corrected chi connectivity index (χ2v) is 10.1. The molecule has 0 aliphatic carbocycles. The minimum Gasteiger partial charge on any atom is -0.481 e. The van der Waals surface area contributed by atoms with Crippen LogP contribution in [0.1, 0.15) is 44.1 Å². The summed E-state index contributed by atoms with van der Waals surface area (Å²) in [5, 5.41) is 17.0. The fourth-order valence-electron chi connectivity index (χ4n) is 3.21. The lowest BCUT2D eigenvalue weighted by Crippen LogP contribution is -2.46. The van der Waals surface area contributed by atoms with Gasteiger partial charge in [-0.15, -0.1) is 0 Å². The van der Waals surface area contributed by atoms with Gasteiger partial charge in [0.2, 0.25) is 22.8 Å². The quantitative estimate of drug-likeness (QED) is 0.262. The number of hydrogen-bond donors (Lipinski definition) is 4. The molecule has 0 radical (unpaired) electrons. The van der Waals surface area contributed by atoms with Crippen LogP contribution in [0.25, 0.3) is 0 Å². The molecule has 0 bridgehead atoms. The SMILES string of the molecule is O=C(O)CCCC(=O)NC(CCSCCC(=O)NC1CCSC1=O)C(=O)NCc1ccccc1. The van der Waals surface area contributed by atoms with E-state index in [2.05, 4.69) is 16.0 Å². The molecule has 2 atom stereocenters. The first-order valence-corrected chi connectivity index (χ1v) is 13.4. The molecule has 2 unspecified atom stereocenters. The number of rotatable bonds is 15. The number of aliphatic carboxylic acids is 1. The highest BCUT2D eigenvalue weighted by molar-refractivity contribution is 8.14. The fourth-order valence-corrected chi connectivity index (χ4v) is 5.07. The molecule has 34 heavy (non-hydrogen) atoms. The smallest absolute Gasteiger partial charge is 0.303 e. The van der Waals surface area contributed by atoms with E-state index in [1.54, 1.807) is 0 Å². The average Bonchev–Trinajstić information content (AvgIpc) is 3.21. The number of benzene rings is 1. The van der Waals surface area contributed by atoms with E-state index in [9.17, 15) is 24.0 Å². The van der Waals surface area contributed by atoms with Gasteiger partial charge in [0.1, 0.15) is 6.04 Å². The van der Waals surface area contributed by atoms with Gasteiger partial charge in [-0.05, 0) is 30.6 Å². The second kappa shape index (κ2) is 15.4. The van der Waals surface area contributed by atoms with E-state index in [0.717, 1.165) is 11.3 Å². The summed E-state index contributed by atoms with van der Waals surface area (Å²) in [6.45, 7) is 0.330. The van der Waals surface area contributed by atoms with Crippen LogP contribution in [0.2, 0.25) is 0 Å². The maximum absolute atomic E-state index is 12.7. The number of thioether (sulfide) groups is 2. The van der Waals surface area contributed by atoms with Gasteiger partial charge in [-0.3, -0.25) is 24.0 Å². The molecule has 1 heterocycles. The Balaban J connectivity index is 1.76. The summed E-state index contributed by atoms with van der Waals surface area (Å²) in [7, 11) is 0. The Morgan fingerprint density at radius 1 is 1.06 bits per heavy atom. The first-order valence-electron chi connectivity index (χ1n) is 11.2. The van der Waals surface area contributed by atoms with Crippen LogP contribution in [0.3, 0.4) is 0 Å². The zero-order valence-electron chi connectivity index (χ0n) is 18.9. The number of carbonyl (C=O) groups is 5. The highest BCUT2D eigenvalue weighted by Crippen LogP contribution is 2.19. The molecule has 2 rings (SSSR count). The third-order valence-corrected chi connectivity index (χ3v) is 7.08. The number of carbonyl (C=O) groups excluding carboxylic acids is 4. The van der Waals surface area contributed by atoms with E-state index in [4.69, 9.17) is 5.11 Å². The van der Waals surface area contributed by atoms with Crippen LogP contribution in [0.15, 0.2) is 30.3 Å². The standard InChI is InChI=1S/C23H31N3O6S2/c27-19(7-4-8-21(29)30)25-17(22(31)24-15-16-5-2-1-3-6-16)9-12-33-13-11-20(28)26-18-10-14-34-23(18)32/h1-3,5-6,17-18H,4,7-15H2,(H,24,31)(H,25,27)(H,26,28)(H,29,30). The van der Waals surface area contributed by atoms with Gasteiger partial charge in [0, 0.05) is 37.3 Å². The summed E-state index contributed by atoms with van der Waals surface area (Å²) < 4.78 is 0. The van der Waals surface area contributed by atoms with Gasteiger partial charge >= 0.3 is 5.97 Å². The van der Waals surface area contributed by atoms with Crippen molar-refractivity contribution in [3.05, 3.63) is 35.9 Å². The van der Waals surface area contributed by atoms with Crippen molar-refractivity contribution in [2.45, 2.75) is 57.2 Å². The molecule has 1 fully saturated rings. The molecule has 9 nitrogen and oxygen atoms in total. The third kappa shape index (κ3) is 11.1. The number of amides is 3. The van der Waals surface area contributed by atoms with Gasteiger partial charge in [-0.25, -0.2) is 0 Å². The second-order valence-electron chi connectivity index (χ2n) is 7.80. The van der Waals surface area contributed by atoms with Crippen molar-refractivity contribution in [1.82, 2.24) is 16.0 Å². The molecule has 1 saturated heterocycles. The number of nitrogens with one attached hydrogen (secondary N) is 3. The van der Waals surface area contributed by atoms with Gasteiger partial charge in [0.15, 0.2) is 0 Å². The largest absolute Gasteiger partial charge is 0.481 e. The zero-order chi connectivity index (χ0) is 24.8. The Kier molecular flexibility index (Phi) is 12.5. The Morgan fingerprint density at radius 3 is 2.50 bits per heavy atom. The average molecular weight is 510 g/mol. The van der Waals surface area contributed by atoms with Crippen molar-refractivity contribution in [2.24, 2.45) is 0 Å². The van der Waals surface area contributed by atoms with Gasteiger partial charge < -0.3 is 21.1 Å². The first-order chi connectivity index (χ1) is 16.3. The van der Waals surface area contributed by atoms with Crippen LogP contribution in [0, 0.1) is 0 Å². The molecule has 186 valence electrons. The lowest BCUT2D eigenvalue weighted by molar-refractivity contribution is -0.137. The van der Waals surface area contributed by atoms with Crippen LogP contribution in [-0.4, -0.2) is 63.3 Å².